The van der Waals surface area contributed by atoms with Gasteiger partial charge in [0.05, 0.1) is 19.1 Å². The Morgan fingerprint density at radius 3 is 2.30 bits per heavy atom. The zero-order valence-corrected chi connectivity index (χ0v) is 14.0. The molecule has 1 aliphatic rings. The third-order valence-electron chi connectivity index (χ3n) is 4.37. The van der Waals surface area contributed by atoms with E-state index in [2.05, 4.69) is 0 Å². The van der Waals surface area contributed by atoms with Crippen molar-refractivity contribution in [3.63, 3.8) is 0 Å². The van der Waals surface area contributed by atoms with Gasteiger partial charge < -0.3 is 18.9 Å². The van der Waals surface area contributed by atoms with Crippen molar-refractivity contribution in [2.75, 3.05) is 21.3 Å². The Morgan fingerprint density at radius 1 is 1.22 bits per heavy atom. The van der Waals surface area contributed by atoms with Gasteiger partial charge in [-0.05, 0) is 12.5 Å². The summed E-state index contributed by atoms with van der Waals surface area (Å²) < 4.78 is 21.1. The first kappa shape index (κ1) is 17.4. The predicted octanol–water partition coefficient (Wildman–Crippen LogP) is 2.01. The zero-order chi connectivity index (χ0) is 17.2. The van der Waals surface area contributed by atoms with Crippen LogP contribution in [-0.2, 0) is 28.5 Å². The molecule has 1 aromatic rings. The van der Waals surface area contributed by atoms with E-state index in [9.17, 15) is 9.59 Å². The van der Waals surface area contributed by atoms with Gasteiger partial charge in [0, 0.05) is 21.1 Å². The average Bonchev–Trinajstić information content (AvgIpc) is 2.81. The highest BCUT2D eigenvalue weighted by Gasteiger charge is 2.60. The Bertz CT molecular complexity index is 581. The summed E-state index contributed by atoms with van der Waals surface area (Å²) in [7, 11) is 4.20. The molecule has 0 bridgehead atoms. The molecule has 0 aromatic heterocycles. The van der Waals surface area contributed by atoms with E-state index in [1.54, 1.807) is 6.92 Å². The van der Waals surface area contributed by atoms with Crippen LogP contribution in [0.3, 0.4) is 0 Å². The molecule has 23 heavy (non-hydrogen) atoms. The van der Waals surface area contributed by atoms with Gasteiger partial charge in [-0.1, -0.05) is 29.8 Å². The van der Waals surface area contributed by atoms with Gasteiger partial charge in [-0.2, -0.15) is 0 Å². The van der Waals surface area contributed by atoms with Crippen LogP contribution in [-0.4, -0.2) is 39.1 Å². The fourth-order valence-electron chi connectivity index (χ4n) is 3.02. The number of rotatable bonds is 5. The number of hydrogen-bond acceptors (Lipinski definition) is 6. The average molecular weight is 322 g/mol. The minimum atomic E-state index is -1.28. The van der Waals surface area contributed by atoms with Crippen LogP contribution < -0.4 is 0 Å². The lowest BCUT2D eigenvalue weighted by atomic mass is 9.80. The third kappa shape index (κ3) is 3.09. The fraction of sp³-hybridized carbons (Fsp3) is 0.529. The molecule has 1 heterocycles. The molecule has 1 fully saturated rings. The summed E-state index contributed by atoms with van der Waals surface area (Å²) in [5.41, 5.74) is 1.93. The standard InChI is InChI=1S/C17H22O6/c1-10-6-8-11(9-7-10)14(20-3)13-12(15(18)21-4)16(19)23-17(13,2)22-5/h6-9,12-14H,1-5H3/t12-,13+,14?,17+/m0/s1. The first-order chi connectivity index (χ1) is 10.9. The van der Waals surface area contributed by atoms with Crippen LogP contribution in [0.25, 0.3) is 0 Å². The molecule has 0 amide bonds. The molecule has 0 radical (unpaired) electrons. The largest absolute Gasteiger partial charge is 0.468 e. The van der Waals surface area contributed by atoms with Gasteiger partial charge in [0.2, 0.25) is 5.79 Å². The second-order valence-electron chi connectivity index (χ2n) is 5.73. The van der Waals surface area contributed by atoms with E-state index >= 15 is 0 Å². The molecular weight excluding hydrogens is 300 g/mol. The van der Waals surface area contributed by atoms with Crippen LogP contribution in [0.15, 0.2) is 24.3 Å². The first-order valence-corrected chi connectivity index (χ1v) is 7.33. The van der Waals surface area contributed by atoms with E-state index in [-0.39, 0.29) is 0 Å². The molecule has 6 heteroatoms. The quantitative estimate of drug-likeness (QED) is 0.610. The maximum Gasteiger partial charge on any atom is 0.323 e. The maximum absolute atomic E-state index is 12.2. The smallest absolute Gasteiger partial charge is 0.323 e. The molecule has 1 saturated heterocycles. The molecule has 6 nitrogen and oxygen atoms in total. The van der Waals surface area contributed by atoms with Gasteiger partial charge in [0.15, 0.2) is 5.92 Å². The van der Waals surface area contributed by atoms with E-state index in [1.165, 1.54) is 21.3 Å². The van der Waals surface area contributed by atoms with E-state index < -0.39 is 35.7 Å². The monoisotopic (exact) mass is 322 g/mol. The SMILES string of the molecule is COC(=O)[C@H]1C(=O)O[C@@](C)(OC)[C@H]1C(OC)c1ccc(C)cc1. The van der Waals surface area contributed by atoms with E-state index in [0.717, 1.165) is 11.1 Å². The minimum absolute atomic E-state index is 0.559. The molecule has 0 N–H and O–H groups in total. The molecule has 1 aromatic carbocycles. The number of esters is 2. The molecule has 0 spiro atoms. The molecule has 0 aliphatic carbocycles. The first-order valence-electron chi connectivity index (χ1n) is 7.33. The van der Waals surface area contributed by atoms with Gasteiger partial charge in [-0.3, -0.25) is 9.59 Å². The van der Waals surface area contributed by atoms with Crippen molar-refractivity contribution in [1.29, 1.82) is 0 Å². The molecule has 2 rings (SSSR count). The molecule has 4 atom stereocenters. The summed E-state index contributed by atoms with van der Waals surface area (Å²) >= 11 is 0. The summed E-state index contributed by atoms with van der Waals surface area (Å²) in [6.45, 7) is 3.60. The van der Waals surface area contributed by atoms with Crippen molar-refractivity contribution in [1.82, 2.24) is 0 Å². The lowest BCUT2D eigenvalue weighted by molar-refractivity contribution is -0.221. The molecule has 1 aliphatic heterocycles. The second-order valence-corrected chi connectivity index (χ2v) is 5.73. The zero-order valence-electron chi connectivity index (χ0n) is 14.0. The summed E-state index contributed by atoms with van der Waals surface area (Å²) in [5, 5.41) is 0. The van der Waals surface area contributed by atoms with Gasteiger partial charge in [0.25, 0.3) is 0 Å². The Morgan fingerprint density at radius 2 is 1.83 bits per heavy atom. The van der Waals surface area contributed by atoms with Gasteiger partial charge in [-0.15, -0.1) is 0 Å². The van der Waals surface area contributed by atoms with Crippen molar-refractivity contribution < 1.29 is 28.5 Å². The van der Waals surface area contributed by atoms with Gasteiger partial charge in [0.1, 0.15) is 0 Å². The van der Waals surface area contributed by atoms with Crippen molar-refractivity contribution in [3.8, 4) is 0 Å². The minimum Gasteiger partial charge on any atom is -0.468 e. The molecule has 0 saturated carbocycles. The van der Waals surface area contributed by atoms with Crippen molar-refractivity contribution in [2.45, 2.75) is 25.7 Å². The van der Waals surface area contributed by atoms with Crippen LogP contribution >= 0.6 is 0 Å². The van der Waals surface area contributed by atoms with Crippen LogP contribution in [0.4, 0.5) is 0 Å². The number of benzene rings is 1. The Balaban J connectivity index is 2.49. The van der Waals surface area contributed by atoms with E-state index in [0.29, 0.717) is 0 Å². The highest BCUT2D eigenvalue weighted by molar-refractivity contribution is 5.97. The van der Waals surface area contributed by atoms with Crippen LogP contribution in [0.2, 0.25) is 0 Å². The normalized spacial score (nSPS) is 28.3. The topological polar surface area (TPSA) is 71.1 Å². The summed E-state index contributed by atoms with van der Waals surface area (Å²) in [4.78, 5) is 24.3. The Kier molecular flexibility index (Phi) is 5.06. The summed E-state index contributed by atoms with van der Waals surface area (Å²) in [6, 6.07) is 7.68. The van der Waals surface area contributed by atoms with Gasteiger partial charge >= 0.3 is 11.9 Å². The van der Waals surface area contributed by atoms with Gasteiger partial charge in [-0.25, -0.2) is 0 Å². The summed E-state index contributed by atoms with van der Waals surface area (Å²) in [5.74, 6) is -4.37. The third-order valence-corrected chi connectivity index (χ3v) is 4.37. The maximum atomic E-state index is 12.2. The van der Waals surface area contributed by atoms with E-state index in [1.807, 2.05) is 31.2 Å². The molecule has 126 valence electrons. The lowest BCUT2D eigenvalue weighted by Gasteiger charge is -2.34. The molecular formula is C17H22O6. The number of carbonyl (C=O) groups is 2. The van der Waals surface area contributed by atoms with Crippen molar-refractivity contribution in [2.24, 2.45) is 11.8 Å². The highest BCUT2D eigenvalue weighted by Crippen LogP contribution is 2.47. The lowest BCUT2D eigenvalue weighted by Crippen LogP contribution is -2.42. The number of carbonyl (C=O) groups excluding carboxylic acids is 2. The van der Waals surface area contributed by atoms with E-state index in [4.69, 9.17) is 18.9 Å². The van der Waals surface area contributed by atoms with Crippen LogP contribution in [0.1, 0.15) is 24.2 Å². The highest BCUT2D eigenvalue weighted by atomic mass is 16.7. The number of aryl methyl sites for hydroxylation is 1. The predicted molar refractivity (Wildman–Crippen MR) is 81.4 cm³/mol. The summed E-state index contributed by atoms with van der Waals surface area (Å²) in [6.07, 6.45) is -0.559. The number of ether oxygens (including phenoxy) is 4. The number of cyclic esters (lactones) is 1. The Hall–Kier alpha value is -1.92. The Labute approximate surface area is 135 Å². The number of methoxy groups -OCH3 is 3. The molecule has 1 unspecified atom stereocenters. The second kappa shape index (κ2) is 6.68. The van der Waals surface area contributed by atoms with Crippen LogP contribution in [0, 0.1) is 18.8 Å². The van der Waals surface area contributed by atoms with Crippen molar-refractivity contribution >= 4 is 11.9 Å². The fourth-order valence-corrected chi connectivity index (χ4v) is 3.02. The van der Waals surface area contributed by atoms with Crippen LogP contribution in [0.5, 0.6) is 0 Å². The number of hydrogen-bond donors (Lipinski definition) is 0. The van der Waals surface area contributed by atoms with Crippen molar-refractivity contribution in [3.05, 3.63) is 35.4 Å².